The number of ether oxygens (including phenoxy) is 2. The van der Waals surface area contributed by atoms with E-state index in [0.717, 1.165) is 12.8 Å². The van der Waals surface area contributed by atoms with Crippen molar-refractivity contribution in [3.8, 4) is 5.88 Å². The Kier molecular flexibility index (Phi) is 5.89. The number of nitrogens with zero attached hydrogens (tertiary/aromatic N) is 5. The van der Waals surface area contributed by atoms with Gasteiger partial charge in [0.05, 0.1) is 19.3 Å². The molecule has 0 bridgehead atoms. The number of alkyl halides is 1. The highest BCUT2D eigenvalue weighted by Gasteiger charge is 2.40. The molecule has 2 aliphatic carbocycles. The lowest BCUT2D eigenvalue weighted by atomic mass is 10.2. The summed E-state index contributed by atoms with van der Waals surface area (Å²) in [4.78, 5) is 36.5. The van der Waals surface area contributed by atoms with Crippen LogP contribution in [-0.2, 0) is 4.74 Å². The molecule has 0 aliphatic heterocycles. The van der Waals surface area contributed by atoms with Gasteiger partial charge in [-0.1, -0.05) is 0 Å². The van der Waals surface area contributed by atoms with Gasteiger partial charge in [0.15, 0.2) is 5.65 Å². The lowest BCUT2D eigenvalue weighted by Crippen LogP contribution is -2.39. The van der Waals surface area contributed by atoms with Crippen LogP contribution < -0.4 is 20.3 Å². The van der Waals surface area contributed by atoms with Crippen molar-refractivity contribution in [1.82, 2.24) is 24.9 Å². The Morgan fingerprint density at radius 2 is 2.03 bits per heavy atom. The molecule has 3 aromatic heterocycles. The first kappa shape index (κ1) is 23.8. The van der Waals surface area contributed by atoms with Crippen molar-refractivity contribution in [2.75, 3.05) is 17.3 Å². The quantitative estimate of drug-likeness (QED) is 0.507. The van der Waals surface area contributed by atoms with Crippen LogP contribution in [0.5, 0.6) is 5.88 Å². The number of carbonyl (C=O) groups is 2. The van der Waals surface area contributed by atoms with Gasteiger partial charge in [0.25, 0.3) is 5.91 Å². The maximum absolute atomic E-state index is 13.4. The van der Waals surface area contributed by atoms with Crippen LogP contribution in [0.15, 0.2) is 30.6 Å². The maximum Gasteiger partial charge on any atom is 0.416 e. The Bertz CT molecular complexity index is 1320. The summed E-state index contributed by atoms with van der Waals surface area (Å²) < 4.78 is 25.9. The van der Waals surface area contributed by atoms with E-state index in [1.54, 1.807) is 50.1 Å². The molecule has 2 fully saturated rings. The fourth-order valence-electron chi connectivity index (χ4n) is 3.76. The van der Waals surface area contributed by atoms with Gasteiger partial charge in [-0.2, -0.15) is 9.61 Å². The third kappa shape index (κ3) is 4.88. The molecule has 0 unspecified atom stereocenters. The van der Waals surface area contributed by atoms with Gasteiger partial charge in [-0.05, 0) is 45.7 Å². The average molecular weight is 498 g/mol. The molecule has 0 aromatic carbocycles. The molecule has 2 atom stereocenters. The van der Waals surface area contributed by atoms with E-state index in [1.165, 1.54) is 17.8 Å². The van der Waals surface area contributed by atoms with Crippen molar-refractivity contribution in [3.05, 3.63) is 36.2 Å². The largest absolute Gasteiger partial charge is 0.480 e. The number of hydrogen-bond donors (Lipinski definition) is 2. The number of fused-ring (bicyclic) bond motifs is 1. The zero-order valence-electron chi connectivity index (χ0n) is 20.5. The van der Waals surface area contributed by atoms with E-state index in [4.69, 9.17) is 9.47 Å². The topological polar surface area (TPSA) is 123 Å². The highest BCUT2D eigenvalue weighted by atomic mass is 19.1. The summed E-state index contributed by atoms with van der Waals surface area (Å²) in [5.41, 5.74) is 0.211. The first-order valence-corrected chi connectivity index (χ1v) is 11.8. The number of rotatable bonds is 7. The van der Waals surface area contributed by atoms with Crippen LogP contribution in [0.3, 0.4) is 0 Å². The number of carbonyl (C=O) groups excluding carboxylic acids is 2. The molecule has 3 aromatic rings. The van der Waals surface area contributed by atoms with Crippen LogP contribution in [0, 0.1) is 0 Å². The minimum Gasteiger partial charge on any atom is -0.480 e. The van der Waals surface area contributed by atoms with Gasteiger partial charge in [0.2, 0.25) is 5.88 Å². The van der Waals surface area contributed by atoms with E-state index in [9.17, 15) is 14.0 Å². The number of hydrogen-bond acceptors (Lipinski definition) is 8. The Balaban J connectivity index is 1.60. The van der Waals surface area contributed by atoms with Gasteiger partial charge in [-0.25, -0.2) is 19.2 Å². The van der Waals surface area contributed by atoms with Crippen molar-refractivity contribution in [3.63, 3.8) is 0 Å². The van der Waals surface area contributed by atoms with Crippen molar-refractivity contribution < 1.29 is 23.5 Å². The van der Waals surface area contributed by atoms with Gasteiger partial charge < -0.3 is 20.1 Å². The summed E-state index contributed by atoms with van der Waals surface area (Å²) in [6.45, 7) is 5.39. The second kappa shape index (κ2) is 8.92. The predicted octanol–water partition coefficient (Wildman–Crippen LogP) is 3.62. The fourth-order valence-corrected chi connectivity index (χ4v) is 3.76. The van der Waals surface area contributed by atoms with Gasteiger partial charge in [0.1, 0.15) is 34.7 Å². The highest BCUT2D eigenvalue weighted by molar-refractivity contribution is 6.01. The Labute approximate surface area is 207 Å². The Morgan fingerprint density at radius 1 is 1.28 bits per heavy atom. The van der Waals surface area contributed by atoms with E-state index in [2.05, 4.69) is 25.7 Å². The first-order chi connectivity index (χ1) is 17.1. The van der Waals surface area contributed by atoms with Gasteiger partial charge in [-0.15, -0.1) is 0 Å². The van der Waals surface area contributed by atoms with E-state index in [0.29, 0.717) is 23.2 Å². The van der Waals surface area contributed by atoms with E-state index in [1.807, 2.05) is 0 Å². The summed E-state index contributed by atoms with van der Waals surface area (Å²) in [6.07, 6.45) is 3.27. The molecule has 3 heterocycles. The summed E-state index contributed by atoms with van der Waals surface area (Å²) in [5.74, 6) is 0.583. The van der Waals surface area contributed by atoms with E-state index in [-0.39, 0.29) is 23.7 Å². The van der Waals surface area contributed by atoms with Gasteiger partial charge in [-0.3, -0.25) is 9.69 Å². The molecule has 0 saturated heterocycles. The monoisotopic (exact) mass is 497 g/mol. The molecule has 2 amide bonds. The molecule has 190 valence electrons. The van der Waals surface area contributed by atoms with Crippen molar-refractivity contribution in [2.24, 2.45) is 0 Å². The van der Waals surface area contributed by atoms with Crippen LogP contribution in [0.25, 0.3) is 5.65 Å². The molecule has 12 heteroatoms. The van der Waals surface area contributed by atoms with Crippen LogP contribution in [-0.4, -0.2) is 62.5 Å². The zero-order chi connectivity index (χ0) is 25.6. The lowest BCUT2D eigenvalue weighted by Gasteiger charge is -2.27. The minimum atomic E-state index is -1.05. The van der Waals surface area contributed by atoms with Crippen molar-refractivity contribution in [1.29, 1.82) is 0 Å². The SMILES string of the molecule is COc1ncccc1Nc1cc(N(C(=O)OC(C)(C)C)C2CC2)n2ncc(C(=O)N[C@@H]3C[C@@H]3F)c2n1. The average Bonchev–Trinajstić information content (AvgIpc) is 3.72. The smallest absolute Gasteiger partial charge is 0.416 e. The normalized spacial score (nSPS) is 19.0. The second-order valence-corrected chi connectivity index (χ2v) is 9.89. The molecule has 11 nitrogen and oxygen atoms in total. The fraction of sp³-hybridized carbons (Fsp3) is 0.458. The standard InChI is InChI=1S/C24H28FN7O4/c1-24(2,3)36-23(34)31(13-7-8-13)19-11-18(28-16-6-5-9-26-22(16)35-4)30-20-14(12-27-32(19)20)21(33)29-17-10-15(17)25/h5-6,9,11-13,15,17H,7-8,10H2,1-4H3,(H,28,30)(H,29,33)/t15-,17+/m0/s1. The predicted molar refractivity (Wildman–Crippen MR) is 130 cm³/mol. The van der Waals surface area contributed by atoms with Gasteiger partial charge >= 0.3 is 6.09 Å². The second-order valence-electron chi connectivity index (χ2n) is 9.89. The number of nitrogens with one attached hydrogen (secondary N) is 2. The number of methoxy groups -OCH3 is 1. The lowest BCUT2D eigenvalue weighted by molar-refractivity contribution is 0.0575. The number of aromatic nitrogens is 4. The highest BCUT2D eigenvalue weighted by Crippen LogP contribution is 2.36. The number of amides is 2. The molecule has 5 rings (SSSR count). The van der Waals surface area contributed by atoms with Crippen LogP contribution in [0.4, 0.5) is 26.5 Å². The molecular formula is C24H28FN7O4. The number of halogens is 1. The van der Waals surface area contributed by atoms with Crippen molar-refractivity contribution in [2.45, 2.75) is 63.9 Å². The van der Waals surface area contributed by atoms with Gasteiger partial charge in [0, 0.05) is 24.7 Å². The summed E-state index contributed by atoms with van der Waals surface area (Å²) in [5, 5.41) is 10.2. The Morgan fingerprint density at radius 3 is 2.67 bits per heavy atom. The maximum atomic E-state index is 13.4. The first-order valence-electron chi connectivity index (χ1n) is 11.8. The molecule has 36 heavy (non-hydrogen) atoms. The summed E-state index contributed by atoms with van der Waals surface area (Å²) >= 11 is 0. The van der Waals surface area contributed by atoms with E-state index < -0.39 is 29.8 Å². The van der Waals surface area contributed by atoms with Crippen LogP contribution in [0.1, 0.15) is 50.4 Å². The molecule has 2 saturated carbocycles. The van der Waals surface area contributed by atoms with Crippen molar-refractivity contribution >= 4 is 35.0 Å². The molecule has 2 N–H and O–H groups in total. The van der Waals surface area contributed by atoms with E-state index >= 15 is 0 Å². The van der Waals surface area contributed by atoms with Crippen LogP contribution in [0.2, 0.25) is 0 Å². The number of anilines is 3. The summed E-state index contributed by atoms with van der Waals surface area (Å²) in [7, 11) is 1.50. The Hall–Kier alpha value is -3.96. The van der Waals surface area contributed by atoms with Crippen LogP contribution >= 0.6 is 0 Å². The molecule has 2 aliphatic rings. The number of pyridine rings is 1. The summed E-state index contributed by atoms with van der Waals surface area (Å²) in [6, 6.07) is 4.57. The zero-order valence-corrected chi connectivity index (χ0v) is 20.5. The molecule has 0 spiro atoms. The molecule has 0 radical (unpaired) electrons. The third-order valence-electron chi connectivity index (χ3n) is 5.70. The minimum absolute atomic E-state index is 0.0773. The third-order valence-corrected chi connectivity index (χ3v) is 5.70. The molecular weight excluding hydrogens is 469 g/mol.